The lowest BCUT2D eigenvalue weighted by atomic mass is 9.83. The third-order valence-corrected chi connectivity index (χ3v) is 8.08. The molecule has 38 heavy (non-hydrogen) atoms. The molecule has 2 aromatic carbocycles. The molecule has 1 aliphatic heterocycles. The maximum absolute atomic E-state index is 14.6. The van der Waals surface area contributed by atoms with Crippen molar-refractivity contribution in [2.45, 2.75) is 68.9 Å². The average molecular weight is 518 g/mol. The van der Waals surface area contributed by atoms with Crippen LogP contribution in [0.3, 0.4) is 0 Å². The molecule has 1 amide bonds. The van der Waals surface area contributed by atoms with Gasteiger partial charge in [-0.05, 0) is 37.3 Å². The zero-order valence-corrected chi connectivity index (χ0v) is 21.5. The van der Waals surface area contributed by atoms with E-state index < -0.39 is 11.1 Å². The van der Waals surface area contributed by atoms with E-state index in [2.05, 4.69) is 15.6 Å². The number of anilines is 1. The second-order valence-electron chi connectivity index (χ2n) is 10.6. The van der Waals surface area contributed by atoms with E-state index in [1.165, 1.54) is 16.8 Å². The first kappa shape index (κ1) is 24.6. The van der Waals surface area contributed by atoms with Crippen molar-refractivity contribution in [1.82, 2.24) is 15.0 Å². The minimum atomic E-state index is -1.03. The monoisotopic (exact) mass is 517 g/mol. The van der Waals surface area contributed by atoms with E-state index in [1.807, 2.05) is 42.4 Å². The molecule has 2 heterocycles. The number of carbonyl (C=O) groups is 1. The molecule has 1 atom stereocenters. The molecular weight excluding hydrogens is 485 g/mol. The van der Waals surface area contributed by atoms with E-state index in [1.54, 1.807) is 18.2 Å². The molecule has 0 saturated heterocycles. The van der Waals surface area contributed by atoms with Crippen molar-refractivity contribution in [3.05, 3.63) is 93.7 Å². The molecule has 6 rings (SSSR count). The van der Waals surface area contributed by atoms with E-state index in [0.717, 1.165) is 24.8 Å². The second-order valence-corrected chi connectivity index (χ2v) is 10.6. The van der Waals surface area contributed by atoms with Crippen molar-refractivity contribution >= 4 is 11.9 Å². The Labute approximate surface area is 220 Å². The van der Waals surface area contributed by atoms with Crippen LogP contribution in [0.1, 0.15) is 67.9 Å². The number of halogens is 1. The number of amides is 1. The predicted molar refractivity (Wildman–Crippen MR) is 142 cm³/mol. The molecule has 8 nitrogen and oxygen atoms in total. The summed E-state index contributed by atoms with van der Waals surface area (Å²) in [4.78, 5) is 31.4. The SMILES string of the molecule is CN1C(c2ccccc2)Nc2nc(COC3(C(=O)NC4(c5ccccc5F)CC4)CCCCC3)cc(=O)n21. The second kappa shape index (κ2) is 9.54. The van der Waals surface area contributed by atoms with Crippen LogP contribution in [-0.2, 0) is 21.7 Å². The fourth-order valence-corrected chi connectivity index (χ4v) is 5.80. The van der Waals surface area contributed by atoms with Crippen molar-refractivity contribution in [3.8, 4) is 0 Å². The molecule has 198 valence electrons. The largest absolute Gasteiger partial charge is 0.359 e. The van der Waals surface area contributed by atoms with Gasteiger partial charge < -0.3 is 15.4 Å². The van der Waals surface area contributed by atoms with Crippen LogP contribution in [-0.4, -0.2) is 28.2 Å². The van der Waals surface area contributed by atoms with Crippen LogP contribution in [0.15, 0.2) is 65.5 Å². The Bertz CT molecular complexity index is 1400. The van der Waals surface area contributed by atoms with Gasteiger partial charge in [0.15, 0.2) is 0 Å². The van der Waals surface area contributed by atoms with Crippen LogP contribution >= 0.6 is 0 Å². The summed E-state index contributed by atoms with van der Waals surface area (Å²) >= 11 is 0. The minimum Gasteiger partial charge on any atom is -0.359 e. The lowest BCUT2D eigenvalue weighted by Gasteiger charge is -2.37. The Morgan fingerprint density at radius 2 is 1.79 bits per heavy atom. The summed E-state index contributed by atoms with van der Waals surface area (Å²) in [5.41, 5.74) is 0.0638. The first-order chi connectivity index (χ1) is 18.4. The fourth-order valence-electron chi connectivity index (χ4n) is 5.80. The van der Waals surface area contributed by atoms with Gasteiger partial charge in [-0.2, -0.15) is 4.68 Å². The highest BCUT2D eigenvalue weighted by molar-refractivity contribution is 5.86. The summed E-state index contributed by atoms with van der Waals surface area (Å²) in [7, 11) is 1.84. The summed E-state index contributed by atoms with van der Waals surface area (Å²) in [6.45, 7) is 0.0323. The Morgan fingerprint density at radius 1 is 1.08 bits per heavy atom. The molecule has 2 N–H and O–H groups in total. The van der Waals surface area contributed by atoms with Crippen molar-refractivity contribution in [1.29, 1.82) is 0 Å². The van der Waals surface area contributed by atoms with Crippen LogP contribution in [0.2, 0.25) is 0 Å². The molecule has 3 aromatic rings. The lowest BCUT2D eigenvalue weighted by Crippen LogP contribution is -2.53. The van der Waals surface area contributed by atoms with Crippen LogP contribution in [0.25, 0.3) is 0 Å². The molecule has 1 unspecified atom stereocenters. The molecule has 0 radical (unpaired) electrons. The molecule has 3 aliphatic rings. The van der Waals surface area contributed by atoms with E-state index in [0.29, 0.717) is 42.9 Å². The summed E-state index contributed by atoms with van der Waals surface area (Å²) in [6.07, 6.45) is 5.08. The quantitative estimate of drug-likeness (QED) is 0.491. The number of rotatable bonds is 7. The summed E-state index contributed by atoms with van der Waals surface area (Å²) in [5.74, 6) is -0.0816. The zero-order valence-electron chi connectivity index (χ0n) is 21.5. The van der Waals surface area contributed by atoms with E-state index in [-0.39, 0.29) is 30.1 Å². The number of fused-ring (bicyclic) bond motifs is 1. The number of aromatic nitrogens is 2. The fraction of sp³-hybridized carbons (Fsp3) is 0.414. The van der Waals surface area contributed by atoms with Gasteiger partial charge in [-0.3, -0.25) is 14.6 Å². The highest BCUT2D eigenvalue weighted by Crippen LogP contribution is 2.47. The van der Waals surface area contributed by atoms with Crippen molar-refractivity contribution in [2.24, 2.45) is 0 Å². The van der Waals surface area contributed by atoms with Crippen LogP contribution in [0.5, 0.6) is 0 Å². The molecular formula is C29H32FN5O3. The first-order valence-corrected chi connectivity index (χ1v) is 13.3. The summed E-state index contributed by atoms with van der Waals surface area (Å²) < 4.78 is 22.4. The third-order valence-electron chi connectivity index (χ3n) is 8.08. The molecule has 2 saturated carbocycles. The zero-order chi connectivity index (χ0) is 26.3. The van der Waals surface area contributed by atoms with Gasteiger partial charge in [0.1, 0.15) is 17.6 Å². The normalized spacial score (nSPS) is 20.9. The number of ether oxygens (including phenoxy) is 1. The average Bonchev–Trinajstić information content (AvgIpc) is 3.63. The molecule has 1 aromatic heterocycles. The van der Waals surface area contributed by atoms with Gasteiger partial charge in [-0.15, -0.1) is 0 Å². The van der Waals surface area contributed by atoms with E-state index >= 15 is 0 Å². The number of nitrogens with one attached hydrogen (secondary N) is 2. The maximum atomic E-state index is 14.6. The maximum Gasteiger partial charge on any atom is 0.274 e. The first-order valence-electron chi connectivity index (χ1n) is 13.3. The standard InChI is InChI=1S/C29H32FN5O3/c1-34-25(20-10-4-2-5-11-20)32-27-31-21(18-24(36)35(27)34)19-38-29(14-8-3-9-15-29)26(37)33-28(16-17-28)22-12-6-7-13-23(22)30/h2,4-7,10-13,18,25H,3,8-9,14-17,19H2,1H3,(H,31,32)(H,33,37). The number of carbonyl (C=O) groups excluding carboxylic acids is 1. The smallest absolute Gasteiger partial charge is 0.274 e. The van der Waals surface area contributed by atoms with Gasteiger partial charge in [0.2, 0.25) is 5.95 Å². The van der Waals surface area contributed by atoms with Crippen molar-refractivity contribution in [3.63, 3.8) is 0 Å². The van der Waals surface area contributed by atoms with Crippen LogP contribution < -0.4 is 21.2 Å². The topological polar surface area (TPSA) is 88.5 Å². The predicted octanol–water partition coefficient (Wildman–Crippen LogP) is 4.10. The van der Waals surface area contributed by atoms with Crippen LogP contribution in [0, 0.1) is 5.82 Å². The number of hydrogen-bond acceptors (Lipinski definition) is 6. The van der Waals surface area contributed by atoms with E-state index in [4.69, 9.17) is 4.74 Å². The number of benzene rings is 2. The highest BCUT2D eigenvalue weighted by atomic mass is 19.1. The summed E-state index contributed by atoms with van der Waals surface area (Å²) in [5, 5.41) is 8.29. The van der Waals surface area contributed by atoms with Gasteiger partial charge in [0.05, 0.1) is 17.8 Å². The number of hydrogen-bond donors (Lipinski definition) is 2. The van der Waals surface area contributed by atoms with Crippen LogP contribution in [0.4, 0.5) is 10.3 Å². The van der Waals surface area contributed by atoms with Crippen molar-refractivity contribution < 1.29 is 13.9 Å². The number of nitrogens with zero attached hydrogens (tertiary/aromatic N) is 3. The van der Waals surface area contributed by atoms with Gasteiger partial charge in [-0.1, -0.05) is 67.8 Å². The molecule has 0 bridgehead atoms. The van der Waals surface area contributed by atoms with Crippen molar-refractivity contribution in [2.75, 3.05) is 17.4 Å². The van der Waals surface area contributed by atoms with Gasteiger partial charge >= 0.3 is 0 Å². The van der Waals surface area contributed by atoms with Gasteiger partial charge in [0, 0.05) is 18.7 Å². The Morgan fingerprint density at radius 3 is 2.50 bits per heavy atom. The van der Waals surface area contributed by atoms with Gasteiger partial charge in [-0.25, -0.2) is 9.37 Å². The highest BCUT2D eigenvalue weighted by Gasteiger charge is 2.51. The molecule has 2 aliphatic carbocycles. The minimum absolute atomic E-state index is 0.0323. The molecule has 9 heteroatoms. The Hall–Kier alpha value is -3.72. The molecule has 0 spiro atoms. The third kappa shape index (κ3) is 4.34. The van der Waals surface area contributed by atoms with E-state index in [9.17, 15) is 14.0 Å². The Kier molecular flexibility index (Phi) is 6.18. The summed E-state index contributed by atoms with van der Waals surface area (Å²) in [6, 6.07) is 17.9. The lowest BCUT2D eigenvalue weighted by molar-refractivity contribution is -0.155. The molecule has 2 fully saturated rings. The Balaban J connectivity index is 1.21. The van der Waals surface area contributed by atoms with Gasteiger partial charge in [0.25, 0.3) is 11.5 Å².